The first-order valence-corrected chi connectivity index (χ1v) is 8.56. The Bertz CT molecular complexity index is 717. The van der Waals surface area contributed by atoms with Gasteiger partial charge in [-0.15, -0.1) is 0 Å². The summed E-state index contributed by atoms with van der Waals surface area (Å²) in [4.78, 5) is 23.9. The number of hydrogen-bond acceptors (Lipinski definition) is 5. The van der Waals surface area contributed by atoms with Crippen molar-refractivity contribution in [1.82, 2.24) is 14.9 Å². The Morgan fingerprint density at radius 2 is 1.88 bits per heavy atom. The van der Waals surface area contributed by atoms with Gasteiger partial charge in [-0.25, -0.2) is 4.98 Å². The van der Waals surface area contributed by atoms with Gasteiger partial charge < -0.3 is 10.6 Å². The van der Waals surface area contributed by atoms with Crippen molar-refractivity contribution in [3.8, 4) is 0 Å². The van der Waals surface area contributed by atoms with Crippen LogP contribution < -0.4 is 16.2 Å². The van der Waals surface area contributed by atoms with Crippen LogP contribution in [0.2, 0.25) is 0 Å². The molecule has 24 heavy (non-hydrogen) atoms. The molecule has 3 N–H and O–H groups in total. The Balaban J connectivity index is 1.60. The Kier molecular flexibility index (Phi) is 5.15. The van der Waals surface area contributed by atoms with E-state index in [0.29, 0.717) is 5.95 Å². The molecule has 0 spiro atoms. The summed E-state index contributed by atoms with van der Waals surface area (Å²) >= 11 is 0. The van der Waals surface area contributed by atoms with E-state index in [4.69, 9.17) is 5.73 Å². The molecule has 0 saturated carbocycles. The molecule has 1 saturated heterocycles. The molecule has 1 aliphatic heterocycles. The number of rotatable bonds is 5. The number of hydrogen-bond donors (Lipinski definition) is 2. The molecule has 3 rings (SSSR count). The lowest BCUT2D eigenvalue weighted by Crippen LogP contribution is -2.47. The number of nitrogens with one attached hydrogen (secondary N) is 1. The molecule has 2 aromatic rings. The molecule has 1 fully saturated rings. The highest BCUT2D eigenvalue weighted by molar-refractivity contribution is 5.39. The molecular formula is C18H25N5O. The van der Waals surface area contributed by atoms with E-state index < -0.39 is 0 Å². The van der Waals surface area contributed by atoms with Crippen LogP contribution >= 0.6 is 0 Å². The van der Waals surface area contributed by atoms with Crippen LogP contribution in [0.3, 0.4) is 0 Å². The lowest BCUT2D eigenvalue weighted by atomic mass is 10.2. The van der Waals surface area contributed by atoms with Gasteiger partial charge in [-0.1, -0.05) is 25.5 Å². The number of H-pyrrole nitrogens is 1. The fourth-order valence-electron chi connectivity index (χ4n) is 3.03. The number of benzene rings is 1. The quantitative estimate of drug-likeness (QED) is 0.816. The van der Waals surface area contributed by atoms with E-state index in [1.165, 1.54) is 5.56 Å². The molecule has 128 valence electrons. The van der Waals surface area contributed by atoms with Crippen LogP contribution in [0.25, 0.3) is 0 Å². The normalized spacial score (nSPS) is 15.6. The van der Waals surface area contributed by atoms with Crippen molar-refractivity contribution in [1.29, 1.82) is 0 Å². The number of nitrogen functional groups attached to an aromatic ring is 1. The SMILES string of the molecule is CCCc1cc(=O)[nH]c(N2CCN(Cc3ccc(N)cc3)CC2)n1. The number of aromatic nitrogens is 2. The van der Waals surface area contributed by atoms with Crippen LogP contribution in [0.1, 0.15) is 24.6 Å². The number of nitrogens with zero attached hydrogens (tertiary/aromatic N) is 3. The first kappa shape index (κ1) is 16.5. The monoisotopic (exact) mass is 327 g/mol. The molecular weight excluding hydrogens is 302 g/mol. The van der Waals surface area contributed by atoms with Crippen molar-refractivity contribution >= 4 is 11.6 Å². The van der Waals surface area contributed by atoms with Crippen LogP contribution in [0.15, 0.2) is 35.1 Å². The van der Waals surface area contributed by atoms with Crippen molar-refractivity contribution in [3.05, 3.63) is 51.9 Å². The first-order valence-electron chi connectivity index (χ1n) is 8.56. The zero-order valence-corrected chi connectivity index (χ0v) is 14.2. The Morgan fingerprint density at radius 1 is 1.17 bits per heavy atom. The molecule has 1 aromatic heterocycles. The van der Waals surface area contributed by atoms with Crippen molar-refractivity contribution < 1.29 is 0 Å². The number of anilines is 2. The minimum absolute atomic E-state index is 0.0623. The maximum Gasteiger partial charge on any atom is 0.252 e. The molecule has 0 atom stereocenters. The number of nitrogens with two attached hydrogens (primary N) is 1. The second-order valence-electron chi connectivity index (χ2n) is 6.32. The summed E-state index contributed by atoms with van der Waals surface area (Å²) in [5, 5.41) is 0. The van der Waals surface area contributed by atoms with Gasteiger partial charge in [0.25, 0.3) is 5.56 Å². The van der Waals surface area contributed by atoms with E-state index in [0.717, 1.165) is 56.9 Å². The average molecular weight is 327 g/mol. The maximum atomic E-state index is 11.8. The summed E-state index contributed by atoms with van der Waals surface area (Å²) in [6.45, 7) is 6.66. The van der Waals surface area contributed by atoms with Crippen molar-refractivity contribution in [2.75, 3.05) is 36.8 Å². The van der Waals surface area contributed by atoms with Crippen LogP contribution in [0.4, 0.5) is 11.6 Å². The molecule has 0 bridgehead atoms. The van der Waals surface area contributed by atoms with Gasteiger partial charge in [0, 0.05) is 50.2 Å². The number of aryl methyl sites for hydroxylation is 1. The van der Waals surface area contributed by atoms with Gasteiger partial charge in [-0.05, 0) is 24.1 Å². The average Bonchev–Trinajstić information content (AvgIpc) is 2.57. The molecule has 6 heteroatoms. The van der Waals surface area contributed by atoms with Gasteiger partial charge in [0.1, 0.15) is 0 Å². The van der Waals surface area contributed by atoms with Gasteiger partial charge in [0.05, 0.1) is 0 Å². The fourth-order valence-corrected chi connectivity index (χ4v) is 3.03. The predicted octanol–water partition coefficient (Wildman–Crippen LogP) is 1.63. The summed E-state index contributed by atoms with van der Waals surface area (Å²) in [5.74, 6) is 0.707. The third kappa shape index (κ3) is 4.14. The lowest BCUT2D eigenvalue weighted by molar-refractivity contribution is 0.248. The Morgan fingerprint density at radius 3 is 2.54 bits per heavy atom. The zero-order valence-electron chi connectivity index (χ0n) is 14.2. The van der Waals surface area contributed by atoms with Crippen LogP contribution in [0.5, 0.6) is 0 Å². The van der Waals surface area contributed by atoms with Crippen LogP contribution in [-0.2, 0) is 13.0 Å². The van der Waals surface area contributed by atoms with E-state index in [-0.39, 0.29) is 5.56 Å². The second-order valence-corrected chi connectivity index (χ2v) is 6.32. The van der Waals surface area contributed by atoms with E-state index in [9.17, 15) is 4.79 Å². The van der Waals surface area contributed by atoms with Crippen molar-refractivity contribution in [2.24, 2.45) is 0 Å². The first-order chi connectivity index (χ1) is 11.6. The molecule has 0 radical (unpaired) electrons. The summed E-state index contributed by atoms with van der Waals surface area (Å²) in [6, 6.07) is 9.65. The fraction of sp³-hybridized carbons (Fsp3) is 0.444. The largest absolute Gasteiger partial charge is 0.399 e. The van der Waals surface area contributed by atoms with Gasteiger partial charge in [0.2, 0.25) is 5.95 Å². The standard InChI is InChI=1S/C18H25N5O/c1-2-3-16-12-17(24)21-18(20-16)23-10-8-22(9-11-23)13-14-4-6-15(19)7-5-14/h4-7,12H,2-3,8-11,13,19H2,1H3,(H,20,21,24). The smallest absolute Gasteiger partial charge is 0.252 e. The third-order valence-electron chi connectivity index (χ3n) is 4.35. The number of aromatic amines is 1. The van der Waals surface area contributed by atoms with E-state index in [1.54, 1.807) is 6.07 Å². The Hall–Kier alpha value is -2.34. The molecule has 1 aromatic carbocycles. The van der Waals surface area contributed by atoms with Crippen molar-refractivity contribution in [3.63, 3.8) is 0 Å². The van der Waals surface area contributed by atoms with Gasteiger partial charge >= 0.3 is 0 Å². The number of piperazine rings is 1. The minimum atomic E-state index is -0.0623. The molecule has 2 heterocycles. The molecule has 6 nitrogen and oxygen atoms in total. The van der Waals surface area contributed by atoms with Gasteiger partial charge in [0.15, 0.2) is 0 Å². The summed E-state index contributed by atoms with van der Waals surface area (Å²) in [6.07, 6.45) is 1.83. The Labute approximate surface area is 142 Å². The predicted molar refractivity (Wildman–Crippen MR) is 97.2 cm³/mol. The maximum absolute atomic E-state index is 11.8. The summed E-state index contributed by atoms with van der Waals surface area (Å²) < 4.78 is 0. The molecule has 0 unspecified atom stereocenters. The van der Waals surface area contributed by atoms with E-state index in [2.05, 4.69) is 38.8 Å². The molecule has 0 amide bonds. The van der Waals surface area contributed by atoms with Gasteiger partial charge in [-0.2, -0.15) is 0 Å². The highest BCUT2D eigenvalue weighted by Crippen LogP contribution is 2.14. The summed E-state index contributed by atoms with van der Waals surface area (Å²) in [7, 11) is 0. The highest BCUT2D eigenvalue weighted by atomic mass is 16.1. The minimum Gasteiger partial charge on any atom is -0.399 e. The third-order valence-corrected chi connectivity index (χ3v) is 4.35. The van der Waals surface area contributed by atoms with Gasteiger partial charge in [-0.3, -0.25) is 14.7 Å². The highest BCUT2D eigenvalue weighted by Gasteiger charge is 2.19. The van der Waals surface area contributed by atoms with E-state index in [1.807, 2.05) is 12.1 Å². The summed E-state index contributed by atoms with van der Waals surface area (Å²) in [5.41, 5.74) is 8.61. The lowest BCUT2D eigenvalue weighted by Gasteiger charge is -2.35. The van der Waals surface area contributed by atoms with Crippen LogP contribution in [-0.4, -0.2) is 41.0 Å². The molecule has 0 aliphatic carbocycles. The van der Waals surface area contributed by atoms with E-state index >= 15 is 0 Å². The van der Waals surface area contributed by atoms with Crippen molar-refractivity contribution in [2.45, 2.75) is 26.3 Å². The molecule has 1 aliphatic rings. The van der Waals surface area contributed by atoms with Crippen LogP contribution in [0, 0.1) is 0 Å². The topological polar surface area (TPSA) is 78.2 Å². The zero-order chi connectivity index (χ0) is 16.9. The second kappa shape index (κ2) is 7.49.